The van der Waals surface area contributed by atoms with Crippen LogP contribution in [-0.4, -0.2) is 23.4 Å². The average molecular weight is 236 g/mol. The summed E-state index contributed by atoms with van der Waals surface area (Å²) in [6.07, 6.45) is 0.968. The fourth-order valence-corrected chi connectivity index (χ4v) is 2.44. The Balaban J connectivity index is 2.28. The number of amides is 1. The lowest BCUT2D eigenvalue weighted by atomic mass is 10.1. The number of benzene rings is 1. The van der Waals surface area contributed by atoms with Crippen LogP contribution in [0.15, 0.2) is 18.2 Å². The zero-order valence-electron chi connectivity index (χ0n) is 10.1. The Hall–Kier alpha value is -1.58. The molecule has 1 amide bonds. The smallest absolute Gasteiger partial charge is 0.257 e. The maximum Gasteiger partial charge on any atom is 0.257 e. The minimum Gasteiger partial charge on any atom is -0.399 e. The van der Waals surface area contributed by atoms with E-state index in [4.69, 9.17) is 5.73 Å². The molecule has 92 valence electrons. The van der Waals surface area contributed by atoms with Gasteiger partial charge in [-0.05, 0) is 37.5 Å². The lowest BCUT2D eigenvalue weighted by Gasteiger charge is -2.21. The molecule has 0 spiro atoms. The lowest BCUT2D eigenvalue weighted by Crippen LogP contribution is -2.34. The van der Waals surface area contributed by atoms with Gasteiger partial charge in [0, 0.05) is 18.3 Å². The van der Waals surface area contributed by atoms with E-state index in [0.717, 1.165) is 6.42 Å². The van der Waals surface area contributed by atoms with Crippen LogP contribution in [0, 0.1) is 11.7 Å². The molecule has 0 aromatic heterocycles. The number of hydrogen-bond donors (Lipinski definition) is 1. The van der Waals surface area contributed by atoms with E-state index in [9.17, 15) is 9.18 Å². The van der Waals surface area contributed by atoms with Crippen LogP contribution < -0.4 is 5.73 Å². The van der Waals surface area contributed by atoms with Crippen LogP contribution in [0.25, 0.3) is 0 Å². The quantitative estimate of drug-likeness (QED) is 0.760. The molecule has 0 radical (unpaired) electrons. The number of halogens is 1. The van der Waals surface area contributed by atoms with Crippen molar-refractivity contribution in [3.63, 3.8) is 0 Å². The first-order chi connectivity index (χ1) is 7.99. The molecule has 2 N–H and O–H groups in total. The predicted molar refractivity (Wildman–Crippen MR) is 65.1 cm³/mol. The Bertz CT molecular complexity index is 447. The Morgan fingerprint density at radius 3 is 2.76 bits per heavy atom. The Morgan fingerprint density at radius 1 is 1.47 bits per heavy atom. The second-order valence-electron chi connectivity index (χ2n) is 4.89. The van der Waals surface area contributed by atoms with Gasteiger partial charge in [-0.2, -0.15) is 0 Å². The minimum absolute atomic E-state index is 0.0750. The molecule has 3 nitrogen and oxygen atoms in total. The van der Waals surface area contributed by atoms with E-state index in [-0.39, 0.29) is 17.5 Å². The number of nitrogens with two attached hydrogens (primary N) is 1. The van der Waals surface area contributed by atoms with E-state index in [1.165, 1.54) is 18.2 Å². The van der Waals surface area contributed by atoms with Gasteiger partial charge in [0.2, 0.25) is 0 Å². The molecule has 4 heteroatoms. The van der Waals surface area contributed by atoms with E-state index in [2.05, 4.69) is 6.92 Å². The Kier molecular flexibility index (Phi) is 3.05. The molecule has 2 rings (SSSR count). The first kappa shape index (κ1) is 11.9. The highest BCUT2D eigenvalue weighted by molar-refractivity contribution is 5.95. The van der Waals surface area contributed by atoms with Crippen molar-refractivity contribution >= 4 is 11.6 Å². The monoisotopic (exact) mass is 236 g/mol. The van der Waals surface area contributed by atoms with Gasteiger partial charge in [-0.25, -0.2) is 4.39 Å². The Labute approximate surface area is 100 Å². The van der Waals surface area contributed by atoms with Crippen LogP contribution in [0.4, 0.5) is 10.1 Å². The molecule has 0 bridgehead atoms. The fraction of sp³-hybridized carbons (Fsp3) is 0.462. The molecule has 0 saturated carbocycles. The van der Waals surface area contributed by atoms with Crippen LogP contribution >= 0.6 is 0 Å². The van der Waals surface area contributed by atoms with E-state index < -0.39 is 5.82 Å². The van der Waals surface area contributed by atoms with E-state index in [1.54, 1.807) is 4.90 Å². The van der Waals surface area contributed by atoms with Crippen molar-refractivity contribution in [3.05, 3.63) is 29.6 Å². The molecule has 1 aromatic carbocycles. The molecule has 1 aromatic rings. The molecule has 1 saturated heterocycles. The summed E-state index contributed by atoms with van der Waals surface area (Å²) in [7, 11) is 0. The third-order valence-electron chi connectivity index (χ3n) is 3.27. The van der Waals surface area contributed by atoms with E-state index in [0.29, 0.717) is 18.2 Å². The van der Waals surface area contributed by atoms with Gasteiger partial charge in [0.05, 0.1) is 5.56 Å². The van der Waals surface area contributed by atoms with Gasteiger partial charge in [-0.3, -0.25) is 4.79 Å². The summed E-state index contributed by atoms with van der Waals surface area (Å²) >= 11 is 0. The second-order valence-corrected chi connectivity index (χ2v) is 4.89. The normalized spacial score (nSPS) is 24.1. The number of carbonyl (C=O) groups is 1. The summed E-state index contributed by atoms with van der Waals surface area (Å²) < 4.78 is 13.6. The highest BCUT2D eigenvalue weighted by atomic mass is 19.1. The number of nitrogen functional groups attached to an aromatic ring is 1. The van der Waals surface area contributed by atoms with Gasteiger partial charge in [-0.1, -0.05) is 6.92 Å². The SMILES string of the molecule is CC1CC(C)N(C(=O)c2cc(N)ccc2F)C1. The number of carbonyl (C=O) groups excluding carboxylic acids is 1. The van der Waals surface area contributed by atoms with Gasteiger partial charge in [-0.15, -0.1) is 0 Å². The Morgan fingerprint density at radius 2 is 2.18 bits per heavy atom. The summed E-state index contributed by atoms with van der Waals surface area (Å²) in [5, 5.41) is 0. The largest absolute Gasteiger partial charge is 0.399 e. The minimum atomic E-state index is -0.504. The molecule has 1 fully saturated rings. The summed E-state index contributed by atoms with van der Waals surface area (Å²) in [6.45, 7) is 4.78. The second kappa shape index (κ2) is 4.35. The lowest BCUT2D eigenvalue weighted by molar-refractivity contribution is 0.0739. The van der Waals surface area contributed by atoms with Gasteiger partial charge < -0.3 is 10.6 Å². The molecule has 1 aliphatic rings. The molecule has 2 unspecified atom stereocenters. The van der Waals surface area contributed by atoms with Crippen molar-refractivity contribution in [2.24, 2.45) is 5.92 Å². The van der Waals surface area contributed by atoms with Gasteiger partial charge >= 0.3 is 0 Å². The zero-order chi connectivity index (χ0) is 12.6. The number of nitrogens with zero attached hydrogens (tertiary/aromatic N) is 1. The summed E-state index contributed by atoms with van der Waals surface area (Å²) in [5.41, 5.74) is 6.08. The first-order valence-electron chi connectivity index (χ1n) is 5.85. The van der Waals surface area contributed by atoms with Crippen molar-refractivity contribution < 1.29 is 9.18 Å². The fourth-order valence-electron chi connectivity index (χ4n) is 2.44. The van der Waals surface area contributed by atoms with Gasteiger partial charge in [0.1, 0.15) is 5.82 Å². The predicted octanol–water partition coefficient (Wildman–Crippen LogP) is 2.28. The van der Waals surface area contributed by atoms with Crippen LogP contribution in [-0.2, 0) is 0 Å². The highest BCUT2D eigenvalue weighted by Gasteiger charge is 2.31. The van der Waals surface area contributed by atoms with E-state index in [1.807, 2.05) is 6.92 Å². The maximum absolute atomic E-state index is 13.6. The molecule has 0 aliphatic carbocycles. The van der Waals surface area contributed by atoms with Crippen molar-refractivity contribution in [1.82, 2.24) is 4.90 Å². The van der Waals surface area contributed by atoms with Gasteiger partial charge in [0.25, 0.3) is 5.91 Å². The number of hydrogen-bond acceptors (Lipinski definition) is 2. The number of anilines is 1. The molecule has 2 atom stereocenters. The topological polar surface area (TPSA) is 46.3 Å². The summed E-state index contributed by atoms with van der Waals surface area (Å²) in [5.74, 6) is -0.291. The van der Waals surface area contributed by atoms with Crippen LogP contribution in [0.2, 0.25) is 0 Å². The molecule has 1 heterocycles. The number of likely N-dealkylation sites (tertiary alicyclic amines) is 1. The molecular formula is C13H17FN2O. The van der Waals surface area contributed by atoms with Crippen LogP contribution in [0.5, 0.6) is 0 Å². The zero-order valence-corrected chi connectivity index (χ0v) is 10.1. The van der Waals surface area contributed by atoms with Crippen molar-refractivity contribution in [2.75, 3.05) is 12.3 Å². The molecular weight excluding hydrogens is 219 g/mol. The van der Waals surface area contributed by atoms with Crippen LogP contribution in [0.1, 0.15) is 30.6 Å². The van der Waals surface area contributed by atoms with Crippen LogP contribution in [0.3, 0.4) is 0 Å². The maximum atomic E-state index is 13.6. The third-order valence-corrected chi connectivity index (χ3v) is 3.27. The van der Waals surface area contributed by atoms with Crippen molar-refractivity contribution in [1.29, 1.82) is 0 Å². The first-order valence-corrected chi connectivity index (χ1v) is 5.85. The molecule has 17 heavy (non-hydrogen) atoms. The average Bonchev–Trinajstić information content (AvgIpc) is 2.60. The highest BCUT2D eigenvalue weighted by Crippen LogP contribution is 2.25. The molecule has 1 aliphatic heterocycles. The number of rotatable bonds is 1. The summed E-state index contributed by atoms with van der Waals surface area (Å²) in [6, 6.07) is 4.28. The third kappa shape index (κ3) is 2.25. The summed E-state index contributed by atoms with van der Waals surface area (Å²) in [4.78, 5) is 13.9. The van der Waals surface area contributed by atoms with E-state index >= 15 is 0 Å². The standard InChI is InChI=1S/C13H17FN2O/c1-8-5-9(2)16(7-8)13(17)11-6-10(15)3-4-12(11)14/h3-4,6,8-9H,5,7,15H2,1-2H3. The van der Waals surface area contributed by atoms with Crippen molar-refractivity contribution in [2.45, 2.75) is 26.3 Å². The van der Waals surface area contributed by atoms with Gasteiger partial charge in [0.15, 0.2) is 0 Å². The van der Waals surface area contributed by atoms with Crippen molar-refractivity contribution in [3.8, 4) is 0 Å².